The number of hydrogen-bond donors (Lipinski definition) is 1. The lowest BCUT2D eigenvalue weighted by molar-refractivity contribution is -0.121. The SMILES string of the molecule is Cc1cccc(NC=CC(=O)C(C)(C)C)c1Cl. The Morgan fingerprint density at radius 2 is 2.00 bits per heavy atom. The Kier molecular flexibility index (Phi) is 4.35. The topological polar surface area (TPSA) is 29.1 Å². The van der Waals surface area contributed by atoms with Crippen LogP contribution in [0.5, 0.6) is 0 Å². The number of hydrogen-bond acceptors (Lipinski definition) is 2. The van der Waals surface area contributed by atoms with Gasteiger partial charge < -0.3 is 5.32 Å². The number of rotatable bonds is 3. The van der Waals surface area contributed by atoms with E-state index < -0.39 is 0 Å². The molecule has 0 aliphatic heterocycles. The molecule has 1 aromatic carbocycles. The molecule has 0 amide bonds. The van der Waals surface area contributed by atoms with Gasteiger partial charge in [-0.05, 0) is 24.6 Å². The number of halogens is 1. The van der Waals surface area contributed by atoms with Crippen LogP contribution in [0, 0.1) is 12.3 Å². The summed E-state index contributed by atoms with van der Waals surface area (Å²) in [5, 5.41) is 3.70. The molecule has 0 atom stereocenters. The predicted molar refractivity (Wildman–Crippen MR) is 73.4 cm³/mol. The van der Waals surface area contributed by atoms with Gasteiger partial charge in [-0.2, -0.15) is 0 Å². The molecule has 92 valence electrons. The van der Waals surface area contributed by atoms with Crippen LogP contribution in [0.2, 0.25) is 5.02 Å². The minimum Gasteiger partial charge on any atom is -0.360 e. The van der Waals surface area contributed by atoms with Gasteiger partial charge in [-0.1, -0.05) is 44.5 Å². The molecule has 0 aliphatic rings. The smallest absolute Gasteiger partial charge is 0.162 e. The van der Waals surface area contributed by atoms with E-state index in [9.17, 15) is 4.79 Å². The number of nitrogens with one attached hydrogen (secondary N) is 1. The van der Waals surface area contributed by atoms with Gasteiger partial charge in [0.2, 0.25) is 0 Å². The minimum absolute atomic E-state index is 0.0776. The number of ketones is 1. The summed E-state index contributed by atoms with van der Waals surface area (Å²) in [4.78, 5) is 11.6. The Morgan fingerprint density at radius 1 is 1.35 bits per heavy atom. The third kappa shape index (κ3) is 3.90. The molecule has 0 spiro atoms. The van der Waals surface area contributed by atoms with Gasteiger partial charge in [-0.25, -0.2) is 0 Å². The van der Waals surface area contributed by atoms with Gasteiger partial charge in [0.25, 0.3) is 0 Å². The Balaban J connectivity index is 2.72. The van der Waals surface area contributed by atoms with Gasteiger partial charge in [0.1, 0.15) is 0 Å². The normalized spacial score (nSPS) is 11.8. The summed E-state index contributed by atoms with van der Waals surface area (Å²) in [6, 6.07) is 5.74. The first kappa shape index (κ1) is 13.8. The minimum atomic E-state index is -0.353. The molecule has 1 N–H and O–H groups in total. The van der Waals surface area contributed by atoms with Crippen molar-refractivity contribution in [3.05, 3.63) is 41.1 Å². The van der Waals surface area contributed by atoms with E-state index in [2.05, 4.69) is 5.32 Å². The molecular weight excluding hydrogens is 234 g/mol. The standard InChI is InChI=1S/C14H18ClNO/c1-10-6-5-7-11(13(10)15)16-9-8-12(17)14(2,3)4/h5-9,16H,1-4H3. The molecule has 3 heteroatoms. The van der Waals surface area contributed by atoms with Crippen molar-refractivity contribution in [2.24, 2.45) is 5.41 Å². The maximum absolute atomic E-state index is 11.6. The van der Waals surface area contributed by atoms with Crippen LogP contribution in [-0.2, 0) is 4.79 Å². The van der Waals surface area contributed by atoms with Crippen molar-refractivity contribution < 1.29 is 4.79 Å². The van der Waals surface area contributed by atoms with E-state index in [1.807, 2.05) is 45.9 Å². The highest BCUT2D eigenvalue weighted by Gasteiger charge is 2.17. The van der Waals surface area contributed by atoms with Crippen molar-refractivity contribution in [1.29, 1.82) is 0 Å². The van der Waals surface area contributed by atoms with Crippen LogP contribution in [-0.4, -0.2) is 5.78 Å². The molecule has 0 aliphatic carbocycles. The molecule has 0 bridgehead atoms. The van der Waals surface area contributed by atoms with E-state index in [0.29, 0.717) is 5.02 Å². The second-order valence-electron chi connectivity index (χ2n) is 5.03. The number of carbonyl (C=O) groups is 1. The summed E-state index contributed by atoms with van der Waals surface area (Å²) in [6.07, 6.45) is 3.17. The third-order valence-corrected chi connectivity index (χ3v) is 2.91. The molecule has 0 saturated heterocycles. The number of allylic oxidation sites excluding steroid dienone is 1. The Bertz CT molecular complexity index is 444. The van der Waals surface area contributed by atoms with Crippen molar-refractivity contribution in [2.45, 2.75) is 27.7 Å². The molecule has 0 saturated carbocycles. The summed E-state index contributed by atoms with van der Waals surface area (Å²) in [7, 11) is 0. The second kappa shape index (κ2) is 5.37. The van der Waals surface area contributed by atoms with E-state index in [1.54, 1.807) is 12.3 Å². The number of benzene rings is 1. The Morgan fingerprint density at radius 3 is 2.59 bits per heavy atom. The van der Waals surface area contributed by atoms with Crippen LogP contribution < -0.4 is 5.32 Å². The highest BCUT2D eigenvalue weighted by Crippen LogP contribution is 2.25. The summed E-state index contributed by atoms with van der Waals surface area (Å²) in [5.74, 6) is 0.0776. The van der Waals surface area contributed by atoms with E-state index in [1.165, 1.54) is 0 Å². The fourth-order valence-electron chi connectivity index (χ4n) is 1.22. The molecule has 17 heavy (non-hydrogen) atoms. The highest BCUT2D eigenvalue weighted by molar-refractivity contribution is 6.34. The molecule has 0 aromatic heterocycles. The third-order valence-electron chi connectivity index (χ3n) is 2.40. The highest BCUT2D eigenvalue weighted by atomic mass is 35.5. The first-order chi connectivity index (χ1) is 7.82. The molecule has 0 radical (unpaired) electrons. The van der Waals surface area contributed by atoms with Gasteiger partial charge >= 0.3 is 0 Å². The van der Waals surface area contributed by atoms with E-state index in [0.717, 1.165) is 11.3 Å². The van der Waals surface area contributed by atoms with Crippen molar-refractivity contribution in [3.8, 4) is 0 Å². The lowest BCUT2D eigenvalue weighted by atomic mass is 9.91. The van der Waals surface area contributed by atoms with E-state index in [4.69, 9.17) is 11.6 Å². The zero-order valence-corrected chi connectivity index (χ0v) is 11.4. The van der Waals surface area contributed by atoms with Crippen LogP contribution >= 0.6 is 11.6 Å². The van der Waals surface area contributed by atoms with Crippen molar-refractivity contribution in [1.82, 2.24) is 0 Å². The second-order valence-corrected chi connectivity index (χ2v) is 5.41. The average molecular weight is 252 g/mol. The van der Waals surface area contributed by atoms with Crippen LogP contribution in [0.25, 0.3) is 0 Å². The number of aryl methyl sites for hydroxylation is 1. The first-order valence-corrected chi connectivity index (χ1v) is 5.93. The maximum Gasteiger partial charge on any atom is 0.162 e. The first-order valence-electron chi connectivity index (χ1n) is 5.55. The quantitative estimate of drug-likeness (QED) is 0.817. The van der Waals surface area contributed by atoms with Crippen molar-refractivity contribution in [3.63, 3.8) is 0 Å². The number of carbonyl (C=O) groups excluding carboxylic acids is 1. The van der Waals surface area contributed by atoms with Crippen molar-refractivity contribution in [2.75, 3.05) is 5.32 Å². The largest absolute Gasteiger partial charge is 0.360 e. The summed E-state index contributed by atoms with van der Waals surface area (Å²) in [6.45, 7) is 7.61. The fourth-order valence-corrected chi connectivity index (χ4v) is 1.40. The molecule has 0 unspecified atom stereocenters. The van der Waals surface area contributed by atoms with Gasteiger partial charge in [0, 0.05) is 11.6 Å². The maximum atomic E-state index is 11.6. The number of anilines is 1. The van der Waals surface area contributed by atoms with Gasteiger partial charge in [0.15, 0.2) is 5.78 Å². The van der Waals surface area contributed by atoms with E-state index in [-0.39, 0.29) is 11.2 Å². The molecule has 2 nitrogen and oxygen atoms in total. The van der Waals surface area contributed by atoms with Gasteiger partial charge in [-0.3, -0.25) is 4.79 Å². The molecular formula is C14H18ClNO. The lowest BCUT2D eigenvalue weighted by Crippen LogP contribution is -2.17. The van der Waals surface area contributed by atoms with Crippen molar-refractivity contribution >= 4 is 23.1 Å². The summed E-state index contributed by atoms with van der Waals surface area (Å²) in [5.41, 5.74) is 1.46. The zero-order valence-electron chi connectivity index (χ0n) is 10.7. The Labute approximate surface area is 108 Å². The monoisotopic (exact) mass is 251 g/mol. The average Bonchev–Trinajstić information content (AvgIpc) is 2.22. The zero-order chi connectivity index (χ0) is 13.1. The van der Waals surface area contributed by atoms with Crippen LogP contribution in [0.1, 0.15) is 26.3 Å². The van der Waals surface area contributed by atoms with Gasteiger partial charge in [0.05, 0.1) is 10.7 Å². The molecule has 0 fully saturated rings. The summed E-state index contributed by atoms with van der Waals surface area (Å²) < 4.78 is 0. The summed E-state index contributed by atoms with van der Waals surface area (Å²) >= 11 is 6.12. The predicted octanol–water partition coefficient (Wildman–Crippen LogP) is 4.19. The van der Waals surface area contributed by atoms with Crippen LogP contribution in [0.15, 0.2) is 30.5 Å². The molecule has 1 aromatic rings. The fraction of sp³-hybridized carbons (Fsp3) is 0.357. The Hall–Kier alpha value is -1.28. The molecule has 1 rings (SSSR count). The molecule has 0 heterocycles. The van der Waals surface area contributed by atoms with E-state index >= 15 is 0 Å². The lowest BCUT2D eigenvalue weighted by Gasteiger charge is -2.13. The van der Waals surface area contributed by atoms with Crippen LogP contribution in [0.4, 0.5) is 5.69 Å². The van der Waals surface area contributed by atoms with Crippen LogP contribution in [0.3, 0.4) is 0 Å². The van der Waals surface area contributed by atoms with Gasteiger partial charge in [-0.15, -0.1) is 0 Å².